The van der Waals surface area contributed by atoms with Crippen molar-refractivity contribution in [1.82, 2.24) is 19.8 Å². The molecule has 0 radical (unpaired) electrons. The van der Waals surface area contributed by atoms with E-state index in [9.17, 15) is 13.2 Å². The average molecular weight is 550 g/mol. The van der Waals surface area contributed by atoms with Crippen LogP contribution >= 0.6 is 12.2 Å². The van der Waals surface area contributed by atoms with Gasteiger partial charge in [0.25, 0.3) is 0 Å². The number of nitrogens with one attached hydrogen (secondary N) is 2. The third-order valence-electron chi connectivity index (χ3n) is 7.10. The zero-order valence-electron chi connectivity index (χ0n) is 21.7. The summed E-state index contributed by atoms with van der Waals surface area (Å²) in [4.78, 5) is 6.78. The highest BCUT2D eigenvalue weighted by Gasteiger charge is 2.41. The minimum Gasteiger partial charge on any atom is -0.385 e. The van der Waals surface area contributed by atoms with Gasteiger partial charge in [-0.3, -0.25) is 4.98 Å². The number of halogens is 3. The van der Waals surface area contributed by atoms with Gasteiger partial charge in [0.2, 0.25) is 0 Å². The van der Waals surface area contributed by atoms with Crippen LogP contribution in [0.4, 0.5) is 18.9 Å². The molecule has 3 heterocycles. The highest BCUT2D eigenvalue weighted by Crippen LogP contribution is 2.41. The fourth-order valence-electron chi connectivity index (χ4n) is 5.33. The van der Waals surface area contributed by atoms with Gasteiger partial charge in [-0.1, -0.05) is 30.3 Å². The van der Waals surface area contributed by atoms with Crippen molar-refractivity contribution in [2.75, 3.05) is 18.4 Å². The molecule has 1 fully saturated rings. The molecule has 0 aliphatic carbocycles. The number of hydrogen-bond donors (Lipinski definition) is 2. The van der Waals surface area contributed by atoms with Gasteiger partial charge in [0, 0.05) is 42.0 Å². The summed E-state index contributed by atoms with van der Waals surface area (Å²) in [6, 6.07) is 23.0. The Balaban J connectivity index is 1.47. The predicted octanol–water partition coefficient (Wildman–Crippen LogP) is 6.98. The molecule has 0 saturated carbocycles. The number of para-hydroxylation sites is 1. The molecule has 1 aliphatic rings. The first-order valence-corrected chi connectivity index (χ1v) is 13.3. The van der Waals surface area contributed by atoms with E-state index < -0.39 is 11.7 Å². The molecular formula is C30H30F3N5S. The second kappa shape index (κ2) is 11.1. The quantitative estimate of drug-likeness (QED) is 0.183. The second-order valence-electron chi connectivity index (χ2n) is 9.68. The first kappa shape index (κ1) is 26.7. The van der Waals surface area contributed by atoms with E-state index in [-0.39, 0.29) is 12.1 Å². The summed E-state index contributed by atoms with van der Waals surface area (Å²) in [7, 11) is 0. The molecule has 0 bridgehead atoms. The van der Waals surface area contributed by atoms with Crippen molar-refractivity contribution in [1.29, 1.82) is 0 Å². The van der Waals surface area contributed by atoms with Crippen LogP contribution in [-0.4, -0.2) is 32.7 Å². The van der Waals surface area contributed by atoms with Crippen molar-refractivity contribution in [2.24, 2.45) is 0 Å². The number of thiocarbonyl (C=S) groups is 1. The van der Waals surface area contributed by atoms with Crippen LogP contribution in [0.15, 0.2) is 85.1 Å². The fraction of sp³-hybridized carbons (Fsp3) is 0.267. The highest BCUT2D eigenvalue weighted by molar-refractivity contribution is 7.80. The van der Waals surface area contributed by atoms with Crippen LogP contribution in [0.25, 0.3) is 5.69 Å². The number of nitrogens with zero attached hydrogens (tertiary/aromatic N) is 3. The lowest BCUT2D eigenvalue weighted by Crippen LogP contribution is -2.31. The van der Waals surface area contributed by atoms with E-state index in [1.807, 2.05) is 66.9 Å². The van der Waals surface area contributed by atoms with Crippen LogP contribution in [0.1, 0.15) is 46.7 Å². The van der Waals surface area contributed by atoms with E-state index in [2.05, 4.69) is 26.6 Å². The summed E-state index contributed by atoms with van der Waals surface area (Å²) in [5.74, 6) is 0. The van der Waals surface area contributed by atoms with Gasteiger partial charge >= 0.3 is 6.18 Å². The van der Waals surface area contributed by atoms with Gasteiger partial charge in [0.05, 0.1) is 23.3 Å². The molecule has 5 rings (SSSR count). The lowest BCUT2D eigenvalue weighted by Gasteiger charge is -2.28. The Kier molecular flexibility index (Phi) is 7.61. The minimum atomic E-state index is -4.41. The molecule has 5 nitrogen and oxygen atoms in total. The molecule has 2 atom stereocenters. The first-order chi connectivity index (χ1) is 18.7. The maximum absolute atomic E-state index is 13.5. The molecule has 2 aromatic carbocycles. The lowest BCUT2D eigenvalue weighted by atomic mass is 9.96. The Morgan fingerprint density at radius 1 is 0.974 bits per heavy atom. The van der Waals surface area contributed by atoms with Crippen LogP contribution < -0.4 is 10.6 Å². The zero-order valence-corrected chi connectivity index (χ0v) is 22.6. The van der Waals surface area contributed by atoms with E-state index in [4.69, 9.17) is 12.2 Å². The molecule has 1 aliphatic heterocycles. The van der Waals surface area contributed by atoms with Gasteiger partial charge in [-0.15, -0.1) is 0 Å². The summed E-state index contributed by atoms with van der Waals surface area (Å²) in [6.07, 6.45) is -1.81. The maximum atomic E-state index is 13.5. The molecule has 0 amide bonds. The van der Waals surface area contributed by atoms with Gasteiger partial charge in [-0.2, -0.15) is 13.2 Å². The van der Waals surface area contributed by atoms with Crippen LogP contribution in [0.5, 0.6) is 0 Å². The Labute approximate surface area is 231 Å². The van der Waals surface area contributed by atoms with Crippen molar-refractivity contribution in [2.45, 2.75) is 38.5 Å². The molecular weight excluding hydrogens is 519 g/mol. The molecule has 4 aromatic rings. The standard InChI is InChI=1S/C30H30F3N5S/c1-20-18-25(21(2)38(20)24-13-8-10-22(19-24)30(31,32)33)28-27(26-14-6-7-15-35-26)36-29(39)37(28)17-9-16-34-23-11-4-3-5-12-23/h3-8,10-15,18-19,27-28,34H,9,16-17H2,1-2H3,(H,36,39). The molecule has 2 aromatic heterocycles. The summed E-state index contributed by atoms with van der Waals surface area (Å²) in [5, 5.41) is 7.55. The average Bonchev–Trinajstić information content (AvgIpc) is 3.41. The predicted molar refractivity (Wildman–Crippen MR) is 152 cm³/mol. The summed E-state index contributed by atoms with van der Waals surface area (Å²) in [5.41, 5.74) is 4.46. The fourth-order valence-corrected chi connectivity index (χ4v) is 5.66. The smallest absolute Gasteiger partial charge is 0.385 e. The molecule has 39 heavy (non-hydrogen) atoms. The number of aryl methyl sites for hydroxylation is 1. The van der Waals surface area contributed by atoms with Crippen LogP contribution in [0, 0.1) is 13.8 Å². The molecule has 2 N–H and O–H groups in total. The maximum Gasteiger partial charge on any atom is 0.416 e. The van der Waals surface area contributed by atoms with E-state index in [1.54, 1.807) is 12.3 Å². The van der Waals surface area contributed by atoms with Crippen molar-refractivity contribution in [3.05, 3.63) is 113 Å². The molecule has 2 unspecified atom stereocenters. The minimum absolute atomic E-state index is 0.171. The van der Waals surface area contributed by atoms with Gasteiger partial charge in [-0.05, 0) is 86.6 Å². The lowest BCUT2D eigenvalue weighted by molar-refractivity contribution is -0.137. The van der Waals surface area contributed by atoms with E-state index in [0.29, 0.717) is 17.3 Å². The van der Waals surface area contributed by atoms with Gasteiger partial charge in [0.1, 0.15) is 0 Å². The van der Waals surface area contributed by atoms with Crippen molar-refractivity contribution in [3.8, 4) is 5.69 Å². The summed E-state index contributed by atoms with van der Waals surface area (Å²) in [6.45, 7) is 5.34. The van der Waals surface area contributed by atoms with Crippen LogP contribution in [-0.2, 0) is 6.18 Å². The molecule has 1 saturated heterocycles. The van der Waals surface area contributed by atoms with E-state index >= 15 is 0 Å². The number of anilines is 1. The number of pyridine rings is 1. The monoisotopic (exact) mass is 549 g/mol. The molecule has 9 heteroatoms. The summed E-state index contributed by atoms with van der Waals surface area (Å²) >= 11 is 5.81. The van der Waals surface area contributed by atoms with E-state index in [1.165, 1.54) is 12.1 Å². The van der Waals surface area contributed by atoms with Gasteiger partial charge in [0.15, 0.2) is 5.11 Å². The van der Waals surface area contributed by atoms with Crippen molar-refractivity contribution < 1.29 is 13.2 Å². The van der Waals surface area contributed by atoms with Crippen LogP contribution in [0.2, 0.25) is 0 Å². The summed E-state index contributed by atoms with van der Waals surface area (Å²) < 4.78 is 42.3. The van der Waals surface area contributed by atoms with Crippen molar-refractivity contribution in [3.63, 3.8) is 0 Å². The third-order valence-corrected chi connectivity index (χ3v) is 7.45. The zero-order chi connectivity index (χ0) is 27.6. The highest BCUT2D eigenvalue weighted by atomic mass is 32.1. The van der Waals surface area contributed by atoms with Gasteiger partial charge in [-0.25, -0.2) is 0 Å². The SMILES string of the molecule is Cc1cc(C2C(c3ccccn3)NC(=S)N2CCCNc2ccccc2)c(C)n1-c1cccc(C(F)(F)F)c1. The number of hydrogen-bond acceptors (Lipinski definition) is 3. The van der Waals surface area contributed by atoms with E-state index in [0.717, 1.165) is 47.4 Å². The topological polar surface area (TPSA) is 45.1 Å². The number of rotatable bonds is 8. The third kappa shape index (κ3) is 5.63. The number of benzene rings is 2. The Bertz CT molecular complexity index is 1440. The normalized spacial score (nSPS) is 17.4. The van der Waals surface area contributed by atoms with Gasteiger partial charge < -0.3 is 20.1 Å². The number of aromatic nitrogens is 2. The van der Waals surface area contributed by atoms with Crippen molar-refractivity contribution >= 4 is 23.0 Å². The molecule has 0 spiro atoms. The largest absolute Gasteiger partial charge is 0.416 e. The first-order valence-electron chi connectivity index (χ1n) is 12.9. The molecule has 202 valence electrons. The van der Waals surface area contributed by atoms with Crippen LogP contribution in [0.3, 0.4) is 0 Å². The number of alkyl halides is 3. The Morgan fingerprint density at radius 3 is 2.46 bits per heavy atom. The Morgan fingerprint density at radius 2 is 1.74 bits per heavy atom. The second-order valence-corrected chi connectivity index (χ2v) is 10.1. The Hall–Kier alpha value is -3.85.